The smallest absolute Gasteiger partial charge is 0.221 e. The predicted octanol–water partition coefficient (Wildman–Crippen LogP) is 3.84. The Balaban J connectivity index is 3.11. The van der Waals surface area contributed by atoms with Crippen LogP contribution in [0.2, 0.25) is 0 Å². The molecule has 1 N–H and O–H groups in total. The van der Waals surface area contributed by atoms with E-state index >= 15 is 0 Å². The Morgan fingerprint density at radius 1 is 1.38 bits per heavy atom. The molecule has 0 aliphatic carbocycles. The highest BCUT2D eigenvalue weighted by molar-refractivity contribution is 9.08. The van der Waals surface area contributed by atoms with E-state index in [1.54, 1.807) is 0 Å². The number of nitrogens with one attached hydrogen (secondary N) is 1. The maximum Gasteiger partial charge on any atom is 0.221 e. The Morgan fingerprint density at radius 3 is 2.44 bits per heavy atom. The van der Waals surface area contributed by atoms with Gasteiger partial charge in [0, 0.05) is 17.9 Å². The molecule has 0 unspecified atom stereocenters. The van der Waals surface area contributed by atoms with E-state index in [1.165, 1.54) is 12.5 Å². The number of benzene rings is 1. The molecule has 0 fully saturated rings. The van der Waals surface area contributed by atoms with Crippen molar-refractivity contribution in [2.75, 3.05) is 5.32 Å². The number of alkyl halides is 1. The molecule has 0 spiro atoms. The fourth-order valence-electron chi connectivity index (χ4n) is 1.48. The summed E-state index contributed by atoms with van der Waals surface area (Å²) >= 11 is 3.45. The van der Waals surface area contributed by atoms with E-state index in [2.05, 4.69) is 54.2 Å². The lowest BCUT2D eigenvalue weighted by molar-refractivity contribution is -0.114. The zero-order valence-corrected chi connectivity index (χ0v) is 11.8. The summed E-state index contributed by atoms with van der Waals surface area (Å²) in [4.78, 5) is 11.0. The first kappa shape index (κ1) is 13.2. The summed E-state index contributed by atoms with van der Waals surface area (Å²) in [6.07, 6.45) is 0. The quantitative estimate of drug-likeness (QED) is 0.821. The Hall–Kier alpha value is -0.830. The summed E-state index contributed by atoms with van der Waals surface area (Å²) in [5.41, 5.74) is 3.40. The molecule has 1 amide bonds. The number of halogens is 1. The maximum absolute atomic E-state index is 11.0. The fraction of sp³-hybridized carbons (Fsp3) is 0.462. The highest BCUT2D eigenvalue weighted by atomic mass is 79.9. The van der Waals surface area contributed by atoms with Crippen LogP contribution in [0, 0.1) is 0 Å². The van der Waals surface area contributed by atoms with Crippen LogP contribution in [-0.4, -0.2) is 5.91 Å². The van der Waals surface area contributed by atoms with Gasteiger partial charge in [0.15, 0.2) is 0 Å². The van der Waals surface area contributed by atoms with Crippen LogP contribution in [0.3, 0.4) is 0 Å². The summed E-state index contributed by atoms with van der Waals surface area (Å²) in [6, 6.07) is 6.18. The first-order chi connectivity index (χ1) is 7.34. The second-order valence-electron chi connectivity index (χ2n) is 4.94. The second-order valence-corrected chi connectivity index (χ2v) is 5.50. The van der Waals surface area contributed by atoms with Gasteiger partial charge < -0.3 is 5.32 Å². The molecule has 0 aromatic heterocycles. The summed E-state index contributed by atoms with van der Waals surface area (Å²) in [5.74, 6) is -0.0364. The Bertz CT molecular complexity index is 393. The van der Waals surface area contributed by atoms with Crippen molar-refractivity contribution in [2.24, 2.45) is 0 Å². The van der Waals surface area contributed by atoms with Gasteiger partial charge in [0.05, 0.1) is 0 Å². The van der Waals surface area contributed by atoms with Gasteiger partial charge in [-0.15, -0.1) is 0 Å². The largest absolute Gasteiger partial charge is 0.326 e. The van der Waals surface area contributed by atoms with Crippen LogP contribution in [0.15, 0.2) is 18.2 Å². The average molecular weight is 284 g/mol. The van der Waals surface area contributed by atoms with Gasteiger partial charge in [-0.2, -0.15) is 0 Å². The lowest BCUT2D eigenvalue weighted by Gasteiger charge is -2.21. The minimum Gasteiger partial charge on any atom is -0.326 e. The summed E-state index contributed by atoms with van der Waals surface area (Å²) < 4.78 is 0. The van der Waals surface area contributed by atoms with Crippen LogP contribution in [-0.2, 0) is 15.5 Å². The van der Waals surface area contributed by atoms with Crippen molar-refractivity contribution >= 4 is 27.5 Å². The van der Waals surface area contributed by atoms with Crippen molar-refractivity contribution in [2.45, 2.75) is 38.4 Å². The maximum atomic E-state index is 11.0. The number of hydrogen-bond acceptors (Lipinski definition) is 1. The molecule has 0 aliphatic heterocycles. The van der Waals surface area contributed by atoms with Gasteiger partial charge in [-0.3, -0.25) is 4.79 Å². The lowest BCUT2D eigenvalue weighted by Crippen LogP contribution is -2.13. The van der Waals surface area contributed by atoms with Gasteiger partial charge in [0.25, 0.3) is 0 Å². The third kappa shape index (κ3) is 3.34. The molecule has 16 heavy (non-hydrogen) atoms. The van der Waals surface area contributed by atoms with E-state index in [0.717, 1.165) is 16.6 Å². The number of hydrogen-bond donors (Lipinski definition) is 1. The highest BCUT2D eigenvalue weighted by Crippen LogP contribution is 2.28. The SMILES string of the molecule is CC(=O)Nc1ccc(C(C)(C)C)cc1CBr. The highest BCUT2D eigenvalue weighted by Gasteiger charge is 2.15. The van der Waals surface area contributed by atoms with Gasteiger partial charge in [0.2, 0.25) is 5.91 Å². The van der Waals surface area contributed by atoms with Crippen molar-refractivity contribution in [1.29, 1.82) is 0 Å². The zero-order chi connectivity index (χ0) is 12.3. The molecule has 0 bridgehead atoms. The molecule has 2 nitrogen and oxygen atoms in total. The molecule has 0 aliphatic rings. The number of anilines is 1. The predicted molar refractivity (Wildman–Crippen MR) is 72.1 cm³/mol. The van der Waals surface area contributed by atoms with Crippen molar-refractivity contribution < 1.29 is 4.79 Å². The molecule has 0 atom stereocenters. The third-order valence-corrected chi connectivity index (χ3v) is 3.03. The number of carbonyl (C=O) groups is 1. The number of carbonyl (C=O) groups excluding carboxylic acids is 1. The monoisotopic (exact) mass is 283 g/mol. The minimum atomic E-state index is -0.0364. The van der Waals surface area contributed by atoms with Crippen LogP contribution >= 0.6 is 15.9 Å². The summed E-state index contributed by atoms with van der Waals surface area (Å²) in [6.45, 7) is 8.06. The normalized spacial score (nSPS) is 11.3. The molecular formula is C13H18BrNO. The van der Waals surface area contributed by atoms with E-state index in [1.807, 2.05) is 6.07 Å². The Kier molecular flexibility index (Phi) is 4.14. The van der Waals surface area contributed by atoms with E-state index in [0.29, 0.717) is 0 Å². The summed E-state index contributed by atoms with van der Waals surface area (Å²) in [7, 11) is 0. The molecular weight excluding hydrogens is 266 g/mol. The molecule has 1 aromatic carbocycles. The van der Waals surface area contributed by atoms with E-state index in [4.69, 9.17) is 0 Å². The molecule has 0 saturated carbocycles. The first-order valence-corrected chi connectivity index (χ1v) is 6.43. The van der Waals surface area contributed by atoms with E-state index in [9.17, 15) is 4.79 Å². The van der Waals surface area contributed by atoms with Gasteiger partial charge in [-0.05, 0) is 22.6 Å². The Morgan fingerprint density at radius 2 is 2.00 bits per heavy atom. The van der Waals surface area contributed by atoms with Crippen LogP contribution in [0.5, 0.6) is 0 Å². The molecule has 0 heterocycles. The lowest BCUT2D eigenvalue weighted by atomic mass is 9.86. The zero-order valence-electron chi connectivity index (χ0n) is 10.2. The van der Waals surface area contributed by atoms with Gasteiger partial charge >= 0.3 is 0 Å². The van der Waals surface area contributed by atoms with Crippen molar-refractivity contribution in [3.63, 3.8) is 0 Å². The first-order valence-electron chi connectivity index (χ1n) is 5.31. The van der Waals surface area contributed by atoms with Crippen LogP contribution in [0.1, 0.15) is 38.8 Å². The molecule has 88 valence electrons. The fourth-order valence-corrected chi connectivity index (χ4v) is 1.95. The molecule has 1 rings (SSSR count). The Labute approximate surface area is 106 Å². The minimum absolute atomic E-state index is 0.0364. The van der Waals surface area contributed by atoms with Crippen molar-refractivity contribution in [3.05, 3.63) is 29.3 Å². The van der Waals surface area contributed by atoms with E-state index < -0.39 is 0 Å². The topological polar surface area (TPSA) is 29.1 Å². The van der Waals surface area contributed by atoms with Crippen LogP contribution in [0.4, 0.5) is 5.69 Å². The number of amides is 1. The third-order valence-electron chi connectivity index (χ3n) is 2.43. The second kappa shape index (κ2) is 5.00. The van der Waals surface area contributed by atoms with Crippen molar-refractivity contribution in [1.82, 2.24) is 0 Å². The summed E-state index contributed by atoms with van der Waals surface area (Å²) in [5, 5.41) is 3.58. The van der Waals surface area contributed by atoms with Crippen LogP contribution in [0.25, 0.3) is 0 Å². The standard InChI is InChI=1S/C13H18BrNO/c1-9(16)15-12-6-5-11(13(2,3)4)7-10(12)8-14/h5-7H,8H2,1-4H3,(H,15,16). The van der Waals surface area contributed by atoms with Crippen molar-refractivity contribution in [3.8, 4) is 0 Å². The molecule has 0 radical (unpaired) electrons. The van der Waals surface area contributed by atoms with Gasteiger partial charge in [0.1, 0.15) is 0 Å². The number of rotatable bonds is 2. The van der Waals surface area contributed by atoms with E-state index in [-0.39, 0.29) is 11.3 Å². The molecule has 1 aromatic rings. The molecule has 3 heteroatoms. The van der Waals surface area contributed by atoms with Gasteiger partial charge in [-0.25, -0.2) is 0 Å². The molecule has 0 saturated heterocycles. The average Bonchev–Trinajstić information content (AvgIpc) is 2.15. The van der Waals surface area contributed by atoms with Crippen LogP contribution < -0.4 is 5.32 Å². The van der Waals surface area contributed by atoms with Gasteiger partial charge in [-0.1, -0.05) is 48.8 Å².